The minimum absolute atomic E-state index is 0. The third kappa shape index (κ3) is 8.42. The van der Waals surface area contributed by atoms with E-state index in [2.05, 4.69) is 46.0 Å². The van der Waals surface area contributed by atoms with E-state index >= 15 is 0 Å². The summed E-state index contributed by atoms with van der Waals surface area (Å²) in [6, 6.07) is 10.6. The third-order valence-corrected chi connectivity index (χ3v) is 5.88. The van der Waals surface area contributed by atoms with Crippen molar-refractivity contribution >= 4 is 29.9 Å². The van der Waals surface area contributed by atoms with Crippen LogP contribution in [0.25, 0.3) is 0 Å². The van der Waals surface area contributed by atoms with Gasteiger partial charge >= 0.3 is 0 Å². The Bertz CT molecular complexity index is 577. The molecule has 1 saturated carbocycles. The first-order valence-electron chi connectivity index (χ1n) is 11.1. The lowest BCUT2D eigenvalue weighted by atomic mass is 9.89. The molecule has 164 valence electrons. The third-order valence-electron chi connectivity index (χ3n) is 5.88. The van der Waals surface area contributed by atoms with Crippen molar-refractivity contribution in [2.24, 2.45) is 10.9 Å². The Morgan fingerprint density at radius 1 is 1.03 bits per heavy atom. The summed E-state index contributed by atoms with van der Waals surface area (Å²) in [6.45, 7) is 3.24. The van der Waals surface area contributed by atoms with Gasteiger partial charge in [0.25, 0.3) is 0 Å². The maximum absolute atomic E-state index is 6.10. The summed E-state index contributed by atoms with van der Waals surface area (Å²) in [5.41, 5.74) is 1.27. The van der Waals surface area contributed by atoms with Gasteiger partial charge in [-0.25, -0.2) is 0 Å². The molecule has 0 aromatic heterocycles. The predicted octanol–water partition coefficient (Wildman–Crippen LogP) is 4.68. The lowest BCUT2D eigenvalue weighted by Crippen LogP contribution is -2.43. The van der Waals surface area contributed by atoms with Crippen molar-refractivity contribution < 1.29 is 9.47 Å². The molecule has 1 aromatic rings. The second-order valence-corrected chi connectivity index (χ2v) is 7.97. The maximum Gasteiger partial charge on any atom is 0.191 e. The van der Waals surface area contributed by atoms with E-state index in [0.29, 0.717) is 12.0 Å². The van der Waals surface area contributed by atoms with Crippen LogP contribution >= 0.6 is 24.0 Å². The number of nitrogens with one attached hydrogen (secondary N) is 2. The number of benzene rings is 1. The molecule has 5 nitrogen and oxygen atoms in total. The summed E-state index contributed by atoms with van der Waals surface area (Å²) < 4.78 is 12.2. The maximum atomic E-state index is 6.10. The molecule has 3 rings (SSSR count). The van der Waals surface area contributed by atoms with Crippen molar-refractivity contribution in [1.82, 2.24) is 10.6 Å². The molecule has 1 saturated heterocycles. The monoisotopic (exact) mass is 515 g/mol. The number of rotatable bonds is 7. The van der Waals surface area contributed by atoms with Crippen molar-refractivity contribution in [2.75, 3.05) is 33.4 Å². The van der Waals surface area contributed by atoms with Crippen LogP contribution in [-0.2, 0) is 9.47 Å². The zero-order valence-corrected chi connectivity index (χ0v) is 20.1. The van der Waals surface area contributed by atoms with Gasteiger partial charge in [0.05, 0.1) is 18.8 Å². The molecule has 1 aliphatic heterocycles. The second kappa shape index (κ2) is 14.2. The topological polar surface area (TPSA) is 54.9 Å². The molecule has 2 unspecified atom stereocenters. The summed E-state index contributed by atoms with van der Waals surface area (Å²) >= 11 is 0. The van der Waals surface area contributed by atoms with Crippen molar-refractivity contribution in [3.63, 3.8) is 0 Å². The van der Waals surface area contributed by atoms with Gasteiger partial charge < -0.3 is 20.1 Å². The van der Waals surface area contributed by atoms with Gasteiger partial charge in [0, 0.05) is 32.7 Å². The number of hydrogen-bond donors (Lipinski definition) is 2. The van der Waals surface area contributed by atoms with Gasteiger partial charge in [-0.2, -0.15) is 0 Å². The molecule has 0 spiro atoms. The summed E-state index contributed by atoms with van der Waals surface area (Å²) in [7, 11) is 1.83. The minimum atomic E-state index is 0. The fourth-order valence-corrected chi connectivity index (χ4v) is 4.32. The number of hydrogen-bond acceptors (Lipinski definition) is 3. The van der Waals surface area contributed by atoms with E-state index in [9.17, 15) is 0 Å². The molecular formula is C23H38IN3O2. The highest BCUT2D eigenvalue weighted by Crippen LogP contribution is 2.33. The van der Waals surface area contributed by atoms with Crippen LogP contribution in [0.15, 0.2) is 35.3 Å². The van der Waals surface area contributed by atoms with E-state index < -0.39 is 0 Å². The Balaban J connectivity index is 0.00000300. The number of nitrogens with zero attached hydrogens (tertiary/aromatic N) is 1. The average molecular weight is 515 g/mol. The summed E-state index contributed by atoms with van der Waals surface area (Å²) in [6.07, 6.45) is 10.7. The molecule has 29 heavy (non-hydrogen) atoms. The fraction of sp³-hybridized carbons (Fsp3) is 0.696. The molecule has 6 heteroatoms. The Hall–Kier alpha value is -0.860. The zero-order valence-electron chi connectivity index (χ0n) is 17.8. The summed E-state index contributed by atoms with van der Waals surface area (Å²) in [4.78, 5) is 4.37. The van der Waals surface area contributed by atoms with Gasteiger partial charge in [-0.15, -0.1) is 24.0 Å². The van der Waals surface area contributed by atoms with Gasteiger partial charge in [0.2, 0.25) is 0 Å². The Kier molecular flexibility index (Phi) is 12.0. The number of ether oxygens (including phenoxy) is 2. The molecule has 0 amide bonds. The van der Waals surface area contributed by atoms with Crippen LogP contribution in [0.1, 0.15) is 63.0 Å². The van der Waals surface area contributed by atoms with Gasteiger partial charge in [0.1, 0.15) is 0 Å². The molecule has 1 aliphatic carbocycles. The first-order valence-corrected chi connectivity index (χ1v) is 11.1. The van der Waals surface area contributed by atoms with Crippen LogP contribution in [0.5, 0.6) is 0 Å². The molecule has 2 atom stereocenters. The van der Waals surface area contributed by atoms with Gasteiger partial charge in [-0.3, -0.25) is 4.99 Å². The highest BCUT2D eigenvalue weighted by molar-refractivity contribution is 14.0. The highest BCUT2D eigenvalue weighted by atomic mass is 127. The van der Waals surface area contributed by atoms with E-state index in [4.69, 9.17) is 9.47 Å². The molecule has 0 bridgehead atoms. The van der Waals surface area contributed by atoms with Gasteiger partial charge in [0.15, 0.2) is 5.96 Å². The zero-order chi connectivity index (χ0) is 19.4. The minimum Gasteiger partial charge on any atom is -0.376 e. The molecule has 2 N–H and O–H groups in total. The van der Waals surface area contributed by atoms with E-state index in [1.165, 1.54) is 50.5 Å². The Morgan fingerprint density at radius 3 is 2.52 bits per heavy atom. The highest BCUT2D eigenvalue weighted by Gasteiger charge is 2.27. The standard InChI is InChI=1S/C23H37N3O2.HI/c1-24-23(25-15-17-27-21-13-7-2-3-8-14-21)26-18-20-12-9-16-28-22(20)19-10-5-4-6-11-19;/h4-6,10-11,20-22H,2-3,7-9,12-18H2,1H3,(H2,24,25,26);1H. The fourth-order valence-electron chi connectivity index (χ4n) is 4.32. The molecule has 2 aliphatic rings. The van der Waals surface area contributed by atoms with Crippen LogP contribution in [0.4, 0.5) is 0 Å². The van der Waals surface area contributed by atoms with Gasteiger partial charge in [-0.1, -0.05) is 56.0 Å². The average Bonchev–Trinajstić information content (AvgIpc) is 3.03. The van der Waals surface area contributed by atoms with Crippen LogP contribution in [0.2, 0.25) is 0 Å². The van der Waals surface area contributed by atoms with Crippen LogP contribution in [-0.4, -0.2) is 45.4 Å². The van der Waals surface area contributed by atoms with Crippen LogP contribution in [0, 0.1) is 5.92 Å². The van der Waals surface area contributed by atoms with Crippen LogP contribution < -0.4 is 10.6 Å². The van der Waals surface area contributed by atoms with Crippen molar-refractivity contribution in [3.05, 3.63) is 35.9 Å². The number of halogens is 1. The summed E-state index contributed by atoms with van der Waals surface area (Å²) in [5.74, 6) is 1.30. The first-order chi connectivity index (χ1) is 13.9. The van der Waals surface area contributed by atoms with E-state index in [-0.39, 0.29) is 30.1 Å². The lowest BCUT2D eigenvalue weighted by molar-refractivity contribution is -0.0265. The number of aliphatic imine (C=N–C) groups is 1. The number of guanidine groups is 1. The predicted molar refractivity (Wildman–Crippen MR) is 130 cm³/mol. The van der Waals surface area contributed by atoms with Crippen LogP contribution in [0.3, 0.4) is 0 Å². The van der Waals surface area contributed by atoms with Crippen molar-refractivity contribution in [1.29, 1.82) is 0 Å². The summed E-state index contributed by atoms with van der Waals surface area (Å²) in [5, 5.41) is 6.88. The molecule has 1 aromatic carbocycles. The van der Waals surface area contributed by atoms with E-state index in [1.54, 1.807) is 0 Å². The van der Waals surface area contributed by atoms with Crippen molar-refractivity contribution in [2.45, 2.75) is 63.6 Å². The molecule has 2 fully saturated rings. The molecular weight excluding hydrogens is 477 g/mol. The quantitative estimate of drug-likeness (QED) is 0.182. The SMILES string of the molecule is CN=C(NCCOC1CCCCCC1)NCC1CCCOC1c1ccccc1.I. The largest absolute Gasteiger partial charge is 0.376 e. The van der Waals surface area contributed by atoms with Crippen molar-refractivity contribution in [3.8, 4) is 0 Å². The Morgan fingerprint density at radius 2 is 1.79 bits per heavy atom. The van der Waals surface area contributed by atoms with Gasteiger partial charge in [-0.05, 0) is 31.2 Å². The molecule has 1 heterocycles. The first kappa shape index (κ1) is 24.4. The van der Waals surface area contributed by atoms with E-state index in [0.717, 1.165) is 38.7 Å². The lowest BCUT2D eigenvalue weighted by Gasteiger charge is -2.32. The normalized spacial score (nSPS) is 23.7. The molecule has 0 radical (unpaired) electrons. The Labute approximate surface area is 193 Å². The second-order valence-electron chi connectivity index (χ2n) is 7.97. The van der Waals surface area contributed by atoms with E-state index in [1.807, 2.05) is 7.05 Å². The smallest absolute Gasteiger partial charge is 0.191 e.